The van der Waals surface area contributed by atoms with Gasteiger partial charge in [-0.25, -0.2) is 0 Å². The van der Waals surface area contributed by atoms with Crippen molar-refractivity contribution in [2.75, 3.05) is 6.54 Å². The third-order valence-corrected chi connectivity index (χ3v) is 15.3. The highest BCUT2D eigenvalue weighted by molar-refractivity contribution is 6.95. The zero-order valence-corrected chi connectivity index (χ0v) is 19.0. The van der Waals surface area contributed by atoms with E-state index in [0.717, 1.165) is 12.1 Å². The summed E-state index contributed by atoms with van der Waals surface area (Å²) in [6.45, 7) is 22.2. The van der Waals surface area contributed by atoms with Crippen LogP contribution in [0.1, 0.15) is 47.5 Å². The summed E-state index contributed by atoms with van der Waals surface area (Å²) < 4.78 is 2.97. The van der Waals surface area contributed by atoms with E-state index in [9.17, 15) is 0 Å². The lowest BCUT2D eigenvalue weighted by molar-refractivity contribution is 0.599. The van der Waals surface area contributed by atoms with Crippen LogP contribution in [0.25, 0.3) is 0 Å². The molecular weight excluding hydrogens is 314 g/mol. The molecule has 1 fully saturated rings. The van der Waals surface area contributed by atoms with Gasteiger partial charge in [0.15, 0.2) is 0 Å². The van der Waals surface area contributed by atoms with Crippen LogP contribution in [-0.4, -0.2) is 50.8 Å². The quantitative estimate of drug-likeness (QED) is 0.456. The van der Waals surface area contributed by atoms with Gasteiger partial charge in [-0.3, -0.25) is 9.98 Å². The van der Waals surface area contributed by atoms with Crippen molar-refractivity contribution in [3.05, 3.63) is 0 Å². The summed E-state index contributed by atoms with van der Waals surface area (Å²) in [5, 5.41) is 0. The largest absolute Gasteiger partial charge is 0.345 e. The van der Waals surface area contributed by atoms with Crippen LogP contribution in [0.4, 0.5) is 0 Å². The van der Waals surface area contributed by atoms with E-state index in [0.29, 0.717) is 12.1 Å². The van der Waals surface area contributed by atoms with Gasteiger partial charge in [-0.05, 0) is 66.1 Å². The summed E-state index contributed by atoms with van der Waals surface area (Å²) in [4.78, 5) is 9.58. The molecule has 1 saturated heterocycles. The monoisotopic (exact) mass is 353 g/mol. The highest BCUT2D eigenvalue weighted by Gasteiger charge is 2.46. The first kappa shape index (κ1) is 20.8. The molecule has 3 nitrogen and oxygen atoms in total. The SMILES string of the molecule is CC(=NC(C)C)C(CCCN1[Si](C)(C)CC[Si]1(C)C)=NC(C)C. The van der Waals surface area contributed by atoms with Crippen LogP contribution < -0.4 is 0 Å². The molecule has 0 aliphatic carbocycles. The Morgan fingerprint density at radius 1 is 0.913 bits per heavy atom. The Morgan fingerprint density at radius 2 is 1.39 bits per heavy atom. The number of rotatable bonds is 7. The van der Waals surface area contributed by atoms with Crippen molar-refractivity contribution in [3.63, 3.8) is 0 Å². The van der Waals surface area contributed by atoms with Gasteiger partial charge in [-0.2, -0.15) is 0 Å². The van der Waals surface area contributed by atoms with Gasteiger partial charge in [-0.1, -0.05) is 26.2 Å². The fraction of sp³-hybridized carbons (Fsp3) is 0.889. The van der Waals surface area contributed by atoms with Crippen LogP contribution in [0.2, 0.25) is 38.3 Å². The summed E-state index contributed by atoms with van der Waals surface area (Å²) in [5.41, 5.74) is 2.37. The highest BCUT2D eigenvalue weighted by atomic mass is 28.4. The number of hydrogen-bond acceptors (Lipinski definition) is 3. The zero-order chi connectivity index (χ0) is 17.8. The second kappa shape index (κ2) is 8.21. The third-order valence-electron chi connectivity index (χ3n) is 4.89. The third kappa shape index (κ3) is 6.27. The van der Waals surface area contributed by atoms with E-state index >= 15 is 0 Å². The lowest BCUT2D eigenvalue weighted by atomic mass is 10.1. The van der Waals surface area contributed by atoms with Gasteiger partial charge in [0, 0.05) is 12.1 Å². The summed E-state index contributed by atoms with van der Waals surface area (Å²) >= 11 is 0. The minimum absolute atomic E-state index is 0.351. The summed E-state index contributed by atoms with van der Waals surface area (Å²) in [7, 11) is -2.27. The van der Waals surface area contributed by atoms with E-state index in [4.69, 9.17) is 9.98 Å². The van der Waals surface area contributed by atoms with Crippen molar-refractivity contribution in [1.82, 2.24) is 4.23 Å². The van der Waals surface area contributed by atoms with Gasteiger partial charge in [-0.15, -0.1) is 0 Å². The Balaban J connectivity index is 2.73. The van der Waals surface area contributed by atoms with Crippen LogP contribution in [0.15, 0.2) is 9.98 Å². The topological polar surface area (TPSA) is 28.0 Å². The zero-order valence-electron chi connectivity index (χ0n) is 17.0. The molecule has 134 valence electrons. The molecule has 0 radical (unpaired) electrons. The summed E-state index contributed by atoms with van der Waals surface area (Å²) in [5.74, 6) is 0. The van der Waals surface area contributed by atoms with Gasteiger partial charge < -0.3 is 4.23 Å². The molecule has 0 atom stereocenters. The van der Waals surface area contributed by atoms with E-state index < -0.39 is 16.5 Å². The molecule has 0 spiro atoms. The van der Waals surface area contributed by atoms with Gasteiger partial charge in [0.05, 0.1) is 11.4 Å². The highest BCUT2D eigenvalue weighted by Crippen LogP contribution is 2.36. The molecular formula is C18H39N3Si2. The fourth-order valence-electron chi connectivity index (χ4n) is 3.82. The van der Waals surface area contributed by atoms with Crippen molar-refractivity contribution >= 4 is 27.9 Å². The van der Waals surface area contributed by atoms with Gasteiger partial charge in [0.2, 0.25) is 0 Å². The van der Waals surface area contributed by atoms with E-state index in [-0.39, 0.29) is 0 Å². The van der Waals surface area contributed by atoms with E-state index in [1.165, 1.54) is 30.8 Å². The Kier molecular flexibility index (Phi) is 7.42. The maximum atomic E-state index is 4.86. The molecule has 1 rings (SSSR count). The number of aliphatic imine (C=N–C) groups is 2. The Morgan fingerprint density at radius 3 is 1.83 bits per heavy atom. The molecule has 1 aliphatic rings. The normalized spacial score (nSPS) is 22.4. The molecule has 0 N–H and O–H groups in total. The average molecular weight is 354 g/mol. The van der Waals surface area contributed by atoms with Crippen LogP contribution in [-0.2, 0) is 0 Å². The predicted octanol–water partition coefficient (Wildman–Crippen LogP) is 5.21. The smallest absolute Gasteiger partial charge is 0.115 e. The molecule has 1 aliphatic heterocycles. The van der Waals surface area contributed by atoms with Crippen molar-refractivity contribution in [2.45, 2.75) is 97.8 Å². The molecule has 5 heteroatoms. The van der Waals surface area contributed by atoms with E-state index in [1.807, 2.05) is 0 Å². The van der Waals surface area contributed by atoms with Crippen LogP contribution in [0, 0.1) is 0 Å². The van der Waals surface area contributed by atoms with Gasteiger partial charge in [0.25, 0.3) is 0 Å². The minimum atomic E-state index is -1.14. The lowest BCUT2D eigenvalue weighted by Crippen LogP contribution is -2.55. The van der Waals surface area contributed by atoms with Crippen LogP contribution in [0.5, 0.6) is 0 Å². The molecule has 0 aromatic carbocycles. The molecule has 23 heavy (non-hydrogen) atoms. The first-order valence-corrected chi connectivity index (χ1v) is 15.7. The summed E-state index contributed by atoms with van der Waals surface area (Å²) in [6, 6.07) is 3.69. The van der Waals surface area contributed by atoms with Crippen molar-refractivity contribution in [2.24, 2.45) is 9.98 Å². The molecule has 0 unspecified atom stereocenters. The lowest BCUT2D eigenvalue weighted by Gasteiger charge is -2.39. The number of hydrogen-bond donors (Lipinski definition) is 0. The first-order valence-electron chi connectivity index (χ1n) is 9.35. The Hall–Kier alpha value is -0.266. The molecule has 0 saturated carbocycles. The van der Waals surface area contributed by atoms with E-state index in [2.05, 4.69) is 65.0 Å². The molecule has 0 bridgehead atoms. The molecule has 1 heterocycles. The Labute approximate surface area is 146 Å². The van der Waals surface area contributed by atoms with Crippen molar-refractivity contribution in [1.29, 1.82) is 0 Å². The van der Waals surface area contributed by atoms with Crippen molar-refractivity contribution in [3.8, 4) is 0 Å². The molecule has 0 aromatic heterocycles. The fourth-order valence-corrected chi connectivity index (χ4v) is 18.0. The van der Waals surface area contributed by atoms with Gasteiger partial charge >= 0.3 is 0 Å². The van der Waals surface area contributed by atoms with Crippen LogP contribution in [0.3, 0.4) is 0 Å². The molecule has 0 aromatic rings. The average Bonchev–Trinajstić information content (AvgIpc) is 2.58. The van der Waals surface area contributed by atoms with Crippen LogP contribution >= 0.6 is 0 Å². The first-order chi connectivity index (χ1) is 10.5. The predicted molar refractivity (Wildman–Crippen MR) is 111 cm³/mol. The molecule has 0 amide bonds. The summed E-state index contributed by atoms with van der Waals surface area (Å²) in [6.07, 6.45) is 2.30. The minimum Gasteiger partial charge on any atom is -0.345 e. The maximum absolute atomic E-state index is 4.86. The second-order valence-electron chi connectivity index (χ2n) is 8.86. The maximum Gasteiger partial charge on any atom is 0.115 e. The van der Waals surface area contributed by atoms with E-state index in [1.54, 1.807) is 0 Å². The number of nitrogens with zero attached hydrogens (tertiary/aromatic N) is 3. The standard InChI is InChI=1S/C18H39N3Si2/c1-15(2)19-17(5)18(20-16(3)4)11-10-12-21-22(6,7)13-14-23(21,8)9/h15-16H,10-14H2,1-9H3. The Bertz CT molecular complexity index is 435. The van der Waals surface area contributed by atoms with Crippen molar-refractivity contribution < 1.29 is 0 Å². The second-order valence-corrected chi connectivity index (χ2v) is 18.6. The van der Waals surface area contributed by atoms with Gasteiger partial charge in [0.1, 0.15) is 16.5 Å².